The van der Waals surface area contributed by atoms with Gasteiger partial charge in [-0.2, -0.15) is 0 Å². The van der Waals surface area contributed by atoms with E-state index in [1.165, 1.54) is 19.4 Å². The minimum absolute atomic E-state index is 0.482. The van der Waals surface area contributed by atoms with Crippen LogP contribution in [-0.4, -0.2) is 30.4 Å². The normalized spacial score (nSPS) is 32.4. The van der Waals surface area contributed by atoms with E-state index in [2.05, 4.69) is 18.9 Å². The average Bonchev–Trinajstić information content (AvgIpc) is 1.84. The minimum atomic E-state index is 0.482. The van der Waals surface area contributed by atoms with Crippen LogP contribution < -0.4 is 0 Å². The fourth-order valence-electron chi connectivity index (χ4n) is 1.37. The Labute approximate surface area is 68.4 Å². The number of rotatable bonds is 3. The van der Waals surface area contributed by atoms with Crippen molar-refractivity contribution in [2.75, 3.05) is 20.1 Å². The number of halogens is 1. The summed E-state index contributed by atoms with van der Waals surface area (Å²) in [5, 5.41) is 0.482. The van der Waals surface area contributed by atoms with Gasteiger partial charge in [0.25, 0.3) is 0 Å². The monoisotopic (exact) mass is 161 g/mol. The smallest absolute Gasteiger partial charge is 0.0342 e. The van der Waals surface area contributed by atoms with Gasteiger partial charge in [-0.3, -0.25) is 0 Å². The van der Waals surface area contributed by atoms with E-state index < -0.39 is 0 Å². The Kier molecular flexibility index (Phi) is 2.99. The van der Waals surface area contributed by atoms with Crippen molar-refractivity contribution in [3.63, 3.8) is 0 Å². The molecule has 1 nitrogen and oxygen atoms in total. The molecule has 10 heavy (non-hydrogen) atoms. The molecule has 0 N–H and O–H groups in total. The van der Waals surface area contributed by atoms with Crippen molar-refractivity contribution in [1.29, 1.82) is 0 Å². The molecule has 0 unspecified atom stereocenters. The summed E-state index contributed by atoms with van der Waals surface area (Å²) < 4.78 is 0. The molecule has 1 fully saturated rings. The van der Waals surface area contributed by atoms with Crippen LogP contribution in [0.3, 0.4) is 0 Å². The first-order valence-electron chi connectivity index (χ1n) is 4.05. The van der Waals surface area contributed by atoms with Crippen LogP contribution in [-0.2, 0) is 0 Å². The lowest BCUT2D eigenvalue weighted by Crippen LogP contribution is -2.34. The molecule has 0 atom stereocenters. The summed E-state index contributed by atoms with van der Waals surface area (Å²) in [6, 6.07) is 0. The van der Waals surface area contributed by atoms with E-state index >= 15 is 0 Å². The molecule has 1 aliphatic carbocycles. The molecule has 1 aliphatic rings. The van der Waals surface area contributed by atoms with Gasteiger partial charge in [0.2, 0.25) is 0 Å². The second-order valence-electron chi connectivity index (χ2n) is 3.29. The lowest BCUT2D eigenvalue weighted by atomic mass is 9.84. The van der Waals surface area contributed by atoms with Crippen molar-refractivity contribution in [3.8, 4) is 0 Å². The standard InChI is InChI=1S/C8H16ClN/c1-3-10(2)6-7-4-8(9)5-7/h7-8H,3-6H2,1-2H3. The molecular weight excluding hydrogens is 146 g/mol. The van der Waals surface area contributed by atoms with Gasteiger partial charge in [-0.05, 0) is 32.4 Å². The fraction of sp³-hybridized carbons (Fsp3) is 1.00. The third-order valence-corrected chi connectivity index (χ3v) is 2.64. The van der Waals surface area contributed by atoms with E-state index in [9.17, 15) is 0 Å². The highest BCUT2D eigenvalue weighted by Gasteiger charge is 2.27. The van der Waals surface area contributed by atoms with E-state index in [-0.39, 0.29) is 0 Å². The highest BCUT2D eigenvalue weighted by atomic mass is 35.5. The van der Waals surface area contributed by atoms with Gasteiger partial charge in [0.15, 0.2) is 0 Å². The lowest BCUT2D eigenvalue weighted by Gasteiger charge is -2.33. The van der Waals surface area contributed by atoms with Crippen LogP contribution in [0, 0.1) is 5.92 Å². The maximum atomic E-state index is 5.85. The number of alkyl halides is 1. The average molecular weight is 162 g/mol. The second-order valence-corrected chi connectivity index (χ2v) is 3.91. The summed E-state index contributed by atoms with van der Waals surface area (Å²) in [6.07, 6.45) is 2.46. The quantitative estimate of drug-likeness (QED) is 0.572. The van der Waals surface area contributed by atoms with Gasteiger partial charge in [-0.1, -0.05) is 6.92 Å². The van der Waals surface area contributed by atoms with Crippen LogP contribution in [0.4, 0.5) is 0 Å². The Balaban J connectivity index is 2.04. The van der Waals surface area contributed by atoms with Gasteiger partial charge in [0, 0.05) is 11.9 Å². The Hall–Kier alpha value is 0.250. The van der Waals surface area contributed by atoms with Crippen molar-refractivity contribution in [2.24, 2.45) is 5.92 Å². The molecule has 60 valence electrons. The van der Waals surface area contributed by atoms with Crippen LogP contribution in [0.1, 0.15) is 19.8 Å². The second kappa shape index (κ2) is 3.59. The van der Waals surface area contributed by atoms with Crippen LogP contribution in [0.5, 0.6) is 0 Å². The summed E-state index contributed by atoms with van der Waals surface area (Å²) in [5.74, 6) is 0.882. The highest BCUT2D eigenvalue weighted by molar-refractivity contribution is 6.21. The molecule has 0 bridgehead atoms. The van der Waals surface area contributed by atoms with Crippen molar-refractivity contribution in [3.05, 3.63) is 0 Å². The number of hydrogen-bond donors (Lipinski definition) is 0. The molecule has 0 spiro atoms. The van der Waals surface area contributed by atoms with E-state index in [0.717, 1.165) is 12.5 Å². The molecule has 0 aromatic heterocycles. The Morgan fingerprint density at radius 1 is 1.50 bits per heavy atom. The maximum Gasteiger partial charge on any atom is 0.0342 e. The van der Waals surface area contributed by atoms with Crippen molar-refractivity contribution in [1.82, 2.24) is 4.90 Å². The van der Waals surface area contributed by atoms with Gasteiger partial charge in [0.05, 0.1) is 0 Å². The fourth-order valence-corrected chi connectivity index (χ4v) is 1.88. The van der Waals surface area contributed by atoms with Gasteiger partial charge in [-0.15, -0.1) is 11.6 Å². The predicted molar refractivity (Wildman–Crippen MR) is 45.5 cm³/mol. The van der Waals surface area contributed by atoms with Gasteiger partial charge < -0.3 is 4.90 Å². The van der Waals surface area contributed by atoms with Crippen LogP contribution in [0.2, 0.25) is 0 Å². The first-order chi connectivity index (χ1) is 4.72. The Morgan fingerprint density at radius 2 is 2.10 bits per heavy atom. The summed E-state index contributed by atoms with van der Waals surface area (Å²) in [5.41, 5.74) is 0. The summed E-state index contributed by atoms with van der Waals surface area (Å²) >= 11 is 5.85. The summed E-state index contributed by atoms with van der Waals surface area (Å²) in [7, 11) is 2.17. The molecule has 0 amide bonds. The Morgan fingerprint density at radius 3 is 2.50 bits per heavy atom. The van der Waals surface area contributed by atoms with E-state index in [1.807, 2.05) is 0 Å². The maximum absolute atomic E-state index is 5.85. The number of nitrogens with zero attached hydrogens (tertiary/aromatic N) is 1. The van der Waals surface area contributed by atoms with Crippen molar-refractivity contribution < 1.29 is 0 Å². The zero-order chi connectivity index (χ0) is 7.56. The molecule has 1 rings (SSSR count). The minimum Gasteiger partial charge on any atom is -0.306 e. The van der Waals surface area contributed by atoms with Crippen LogP contribution >= 0.6 is 11.6 Å². The molecule has 0 heterocycles. The molecule has 0 aromatic carbocycles. The van der Waals surface area contributed by atoms with E-state index in [4.69, 9.17) is 11.6 Å². The van der Waals surface area contributed by atoms with E-state index in [0.29, 0.717) is 5.38 Å². The van der Waals surface area contributed by atoms with E-state index in [1.54, 1.807) is 0 Å². The molecule has 0 aliphatic heterocycles. The predicted octanol–water partition coefficient (Wildman–Crippen LogP) is 1.96. The first-order valence-corrected chi connectivity index (χ1v) is 4.48. The molecule has 2 heteroatoms. The van der Waals surface area contributed by atoms with Gasteiger partial charge in [-0.25, -0.2) is 0 Å². The largest absolute Gasteiger partial charge is 0.306 e. The molecule has 0 radical (unpaired) electrons. The van der Waals surface area contributed by atoms with Crippen LogP contribution in [0.25, 0.3) is 0 Å². The zero-order valence-corrected chi connectivity index (χ0v) is 7.56. The molecule has 1 saturated carbocycles. The lowest BCUT2D eigenvalue weighted by molar-refractivity contribution is 0.216. The summed E-state index contributed by atoms with van der Waals surface area (Å²) in [6.45, 7) is 4.58. The molecular formula is C8H16ClN. The molecule has 0 saturated heterocycles. The number of hydrogen-bond acceptors (Lipinski definition) is 1. The third kappa shape index (κ3) is 2.14. The SMILES string of the molecule is CCN(C)CC1CC(Cl)C1. The highest BCUT2D eigenvalue weighted by Crippen LogP contribution is 2.31. The van der Waals surface area contributed by atoms with Gasteiger partial charge >= 0.3 is 0 Å². The third-order valence-electron chi connectivity index (χ3n) is 2.29. The van der Waals surface area contributed by atoms with Crippen molar-refractivity contribution >= 4 is 11.6 Å². The van der Waals surface area contributed by atoms with Gasteiger partial charge in [0.1, 0.15) is 0 Å². The zero-order valence-electron chi connectivity index (χ0n) is 6.81. The topological polar surface area (TPSA) is 3.24 Å². The molecule has 0 aromatic rings. The van der Waals surface area contributed by atoms with Crippen molar-refractivity contribution in [2.45, 2.75) is 25.1 Å². The summed E-state index contributed by atoms with van der Waals surface area (Å²) in [4.78, 5) is 2.35. The Bertz CT molecular complexity index is 99.4. The first kappa shape index (κ1) is 8.35. The van der Waals surface area contributed by atoms with Crippen LogP contribution in [0.15, 0.2) is 0 Å².